The van der Waals surface area contributed by atoms with Crippen molar-refractivity contribution in [1.29, 1.82) is 0 Å². The first-order chi connectivity index (χ1) is 17.6. The fourth-order valence-electron chi connectivity index (χ4n) is 6.39. The molecule has 2 aromatic rings. The summed E-state index contributed by atoms with van der Waals surface area (Å²) in [5.74, 6) is 0. The predicted molar refractivity (Wildman–Crippen MR) is 144 cm³/mol. The minimum atomic E-state index is -0.700. The van der Waals surface area contributed by atoms with Crippen molar-refractivity contribution in [3.05, 3.63) is 81.7 Å². The molecule has 36 heavy (non-hydrogen) atoms. The maximum Gasteiger partial charge on any atom is 0.135 e. The van der Waals surface area contributed by atoms with E-state index in [1.807, 2.05) is 6.07 Å². The number of nitrogens with one attached hydrogen (secondary N) is 2. The van der Waals surface area contributed by atoms with Crippen LogP contribution in [0.25, 0.3) is 11.6 Å². The van der Waals surface area contributed by atoms with E-state index in [9.17, 15) is 10.2 Å². The van der Waals surface area contributed by atoms with Gasteiger partial charge in [-0.25, -0.2) is 0 Å². The van der Waals surface area contributed by atoms with Gasteiger partial charge in [-0.3, -0.25) is 10.2 Å². The second-order valence-electron chi connectivity index (χ2n) is 10.7. The molecule has 4 N–H and O–H groups in total. The van der Waals surface area contributed by atoms with Crippen LogP contribution in [0.2, 0.25) is 0 Å². The number of likely N-dealkylation sites (tertiary alicyclic amines) is 1. The first-order valence-electron chi connectivity index (χ1n) is 13.6. The van der Waals surface area contributed by atoms with Gasteiger partial charge in [-0.2, -0.15) is 0 Å². The number of hydrogen-bond acceptors (Lipinski definition) is 5. The van der Waals surface area contributed by atoms with Crippen LogP contribution in [-0.4, -0.2) is 70.0 Å². The molecule has 6 nitrogen and oxygen atoms in total. The monoisotopic (exact) mass is 486 g/mol. The molecular formula is C30H38N4O2. The van der Waals surface area contributed by atoms with Crippen LogP contribution in [0.1, 0.15) is 60.0 Å². The molecule has 1 aliphatic carbocycles. The van der Waals surface area contributed by atoms with Gasteiger partial charge in [0.1, 0.15) is 12.5 Å². The first kappa shape index (κ1) is 23.9. The van der Waals surface area contributed by atoms with Crippen molar-refractivity contribution < 1.29 is 10.2 Å². The highest BCUT2D eigenvalue weighted by atomic mass is 16.3. The number of aliphatic hydroxyl groups excluding tert-OH is 2. The lowest BCUT2D eigenvalue weighted by atomic mass is 9.89. The predicted octanol–water partition coefficient (Wildman–Crippen LogP) is 3.75. The van der Waals surface area contributed by atoms with Crippen molar-refractivity contribution in [3.63, 3.8) is 0 Å². The van der Waals surface area contributed by atoms with E-state index < -0.39 is 12.5 Å². The van der Waals surface area contributed by atoms with Crippen molar-refractivity contribution in [2.75, 3.05) is 32.7 Å². The number of allylic oxidation sites excluding steroid dienone is 2. The fourth-order valence-corrected chi connectivity index (χ4v) is 6.39. The standard InChI is InChI=1S/C30H38N4O2/c1-20-27(31-26-10-7-15-34(30(36)28(20)26)17-16-33-13-5-6-14-33)19-24-23-18-22(21-8-3-2-4-9-21)11-12-25(23)32-29(24)35/h2-4,8-9,11,18-19,25,29-32,35-36H,5-7,10,12-17H2,1H3/b24-19-. The Morgan fingerprint density at radius 3 is 2.64 bits per heavy atom. The summed E-state index contributed by atoms with van der Waals surface area (Å²) in [6.45, 7) is 7.31. The van der Waals surface area contributed by atoms with Crippen LogP contribution in [0, 0.1) is 6.92 Å². The third-order valence-corrected chi connectivity index (χ3v) is 8.45. The SMILES string of the molecule is Cc1c(/C=C2/C3=CC(c4ccccc4)=CCC3NC2O)[nH]c2c1C(O)N(CCN1CCCC1)CCC2. The topological polar surface area (TPSA) is 74.8 Å². The van der Waals surface area contributed by atoms with Crippen molar-refractivity contribution in [1.82, 2.24) is 20.1 Å². The van der Waals surface area contributed by atoms with Gasteiger partial charge in [-0.05, 0) is 86.5 Å². The smallest absolute Gasteiger partial charge is 0.135 e. The number of benzene rings is 1. The molecule has 3 aliphatic heterocycles. The highest BCUT2D eigenvalue weighted by Gasteiger charge is 2.34. The third-order valence-electron chi connectivity index (χ3n) is 8.45. The molecule has 2 fully saturated rings. The lowest BCUT2D eigenvalue weighted by Gasteiger charge is -2.28. The molecule has 4 aliphatic rings. The Morgan fingerprint density at radius 2 is 1.83 bits per heavy atom. The molecule has 1 aromatic heterocycles. The van der Waals surface area contributed by atoms with Gasteiger partial charge in [0.15, 0.2) is 0 Å². The summed E-state index contributed by atoms with van der Waals surface area (Å²) in [5.41, 5.74) is 8.71. The molecule has 190 valence electrons. The normalized spacial score (nSPS) is 28.1. The number of rotatable bonds is 5. The molecule has 4 heterocycles. The summed E-state index contributed by atoms with van der Waals surface area (Å²) in [4.78, 5) is 8.38. The zero-order valence-corrected chi connectivity index (χ0v) is 21.2. The number of nitrogens with zero attached hydrogens (tertiary/aromatic N) is 2. The minimum absolute atomic E-state index is 0.124. The van der Waals surface area contributed by atoms with Crippen LogP contribution in [0.3, 0.4) is 0 Å². The Morgan fingerprint density at radius 1 is 1.03 bits per heavy atom. The van der Waals surface area contributed by atoms with Crippen LogP contribution >= 0.6 is 0 Å². The number of fused-ring (bicyclic) bond motifs is 2. The largest absolute Gasteiger partial charge is 0.374 e. The van der Waals surface area contributed by atoms with Crippen LogP contribution in [0.4, 0.5) is 0 Å². The second kappa shape index (κ2) is 10.1. The van der Waals surface area contributed by atoms with Gasteiger partial charge in [-0.1, -0.05) is 36.4 Å². The third kappa shape index (κ3) is 4.53. The van der Waals surface area contributed by atoms with E-state index in [2.05, 4.69) is 69.5 Å². The molecule has 3 unspecified atom stereocenters. The summed E-state index contributed by atoms with van der Waals surface area (Å²) in [6, 6.07) is 10.6. The van der Waals surface area contributed by atoms with E-state index in [0.29, 0.717) is 0 Å². The van der Waals surface area contributed by atoms with Gasteiger partial charge in [0.05, 0.1) is 0 Å². The van der Waals surface area contributed by atoms with Gasteiger partial charge in [0.25, 0.3) is 0 Å². The second-order valence-corrected chi connectivity index (χ2v) is 10.7. The maximum absolute atomic E-state index is 11.4. The van der Waals surface area contributed by atoms with E-state index in [0.717, 1.165) is 72.6 Å². The number of aromatic amines is 1. The van der Waals surface area contributed by atoms with Crippen molar-refractivity contribution in [2.24, 2.45) is 0 Å². The van der Waals surface area contributed by atoms with Gasteiger partial charge in [0.2, 0.25) is 0 Å². The van der Waals surface area contributed by atoms with E-state index >= 15 is 0 Å². The number of hydrogen-bond donors (Lipinski definition) is 4. The van der Waals surface area contributed by atoms with Crippen LogP contribution in [0.15, 0.2) is 53.6 Å². The highest BCUT2D eigenvalue weighted by molar-refractivity contribution is 5.79. The average Bonchev–Trinajstić information content (AvgIpc) is 3.57. The fraction of sp³-hybridized carbons (Fsp3) is 0.467. The quantitative estimate of drug-likeness (QED) is 0.518. The zero-order chi connectivity index (χ0) is 24.6. The summed E-state index contributed by atoms with van der Waals surface area (Å²) in [5, 5.41) is 25.7. The van der Waals surface area contributed by atoms with Crippen LogP contribution in [-0.2, 0) is 6.42 Å². The number of aromatic nitrogens is 1. The average molecular weight is 487 g/mol. The molecular weight excluding hydrogens is 448 g/mol. The van der Waals surface area contributed by atoms with E-state index in [4.69, 9.17) is 0 Å². The minimum Gasteiger partial charge on any atom is -0.374 e. The molecule has 6 heteroatoms. The molecule has 6 rings (SSSR count). The zero-order valence-electron chi connectivity index (χ0n) is 21.2. The van der Waals surface area contributed by atoms with E-state index in [1.165, 1.54) is 37.1 Å². The molecule has 0 spiro atoms. The molecule has 0 bridgehead atoms. The maximum atomic E-state index is 11.4. The number of H-pyrrole nitrogens is 1. The van der Waals surface area contributed by atoms with Crippen LogP contribution < -0.4 is 5.32 Å². The summed E-state index contributed by atoms with van der Waals surface area (Å²) in [7, 11) is 0. The summed E-state index contributed by atoms with van der Waals surface area (Å²) in [6.07, 6.45) is 10.7. The Hall–Kier alpha value is -2.48. The Kier molecular flexibility index (Phi) is 6.71. The summed E-state index contributed by atoms with van der Waals surface area (Å²) < 4.78 is 0. The van der Waals surface area contributed by atoms with Gasteiger partial charge >= 0.3 is 0 Å². The molecule has 2 saturated heterocycles. The Bertz CT molecular complexity index is 1190. The molecule has 0 amide bonds. The molecule has 3 atom stereocenters. The van der Waals surface area contributed by atoms with Crippen LogP contribution in [0.5, 0.6) is 0 Å². The van der Waals surface area contributed by atoms with Gasteiger partial charge < -0.3 is 20.1 Å². The molecule has 1 aromatic carbocycles. The Labute approximate surface area is 214 Å². The summed E-state index contributed by atoms with van der Waals surface area (Å²) >= 11 is 0. The van der Waals surface area contributed by atoms with E-state index in [1.54, 1.807) is 0 Å². The highest BCUT2D eigenvalue weighted by Crippen LogP contribution is 2.38. The van der Waals surface area contributed by atoms with E-state index in [-0.39, 0.29) is 6.04 Å². The van der Waals surface area contributed by atoms with Crippen molar-refractivity contribution in [3.8, 4) is 0 Å². The molecule has 0 radical (unpaired) electrons. The van der Waals surface area contributed by atoms with Crippen molar-refractivity contribution in [2.45, 2.75) is 57.5 Å². The van der Waals surface area contributed by atoms with Gasteiger partial charge in [0, 0.05) is 48.2 Å². The Balaban J connectivity index is 1.28. The number of aryl methyl sites for hydroxylation is 1. The number of aliphatic hydroxyl groups is 2. The lowest BCUT2D eigenvalue weighted by molar-refractivity contribution is -0.000442. The first-order valence-corrected chi connectivity index (χ1v) is 13.6. The van der Waals surface area contributed by atoms with Gasteiger partial charge in [-0.15, -0.1) is 0 Å². The molecule has 0 saturated carbocycles. The lowest BCUT2D eigenvalue weighted by Crippen LogP contribution is -2.36. The van der Waals surface area contributed by atoms with Crippen molar-refractivity contribution >= 4 is 11.6 Å².